The molecule has 2 N–H and O–H groups in total. The largest absolute Gasteiger partial charge is 0.367 e. The van der Waals surface area contributed by atoms with Gasteiger partial charge < -0.3 is 5.73 Å². The maximum absolute atomic E-state index is 5.82. The Balaban J connectivity index is 1.68. The Kier molecular flexibility index (Phi) is 2.41. The van der Waals surface area contributed by atoms with E-state index in [1.807, 2.05) is 6.26 Å². The van der Waals surface area contributed by atoms with Crippen LogP contribution >= 0.6 is 0 Å². The standard InChI is InChI=1S/C13H20N4S/c1-18-16-12(15-13(14)17-18)11-9-3-7-2-8(5-9)6-10(11)4-7/h7-11H,2-6H2,1H3,(H2,14,15,16,17). The molecular formula is C13H20N4S. The summed E-state index contributed by atoms with van der Waals surface area (Å²) in [6.45, 7) is 0. The van der Waals surface area contributed by atoms with Crippen LogP contribution in [0.3, 0.4) is 0 Å². The number of nitrogens with two attached hydrogens (primary N) is 1. The third-order valence-corrected chi connectivity index (χ3v) is 6.11. The third-order valence-electron chi connectivity index (χ3n) is 5.21. The van der Waals surface area contributed by atoms with Crippen LogP contribution in [-0.4, -0.2) is 18.1 Å². The predicted octanol–water partition coefficient (Wildman–Crippen LogP) is 2.13. The normalized spacial score (nSPS) is 49.6. The molecule has 1 atom stereocenters. The van der Waals surface area contributed by atoms with Crippen LogP contribution in [0.2, 0.25) is 0 Å². The highest BCUT2D eigenvalue weighted by Gasteiger charge is 2.50. The molecule has 18 heavy (non-hydrogen) atoms. The van der Waals surface area contributed by atoms with Gasteiger partial charge in [0.1, 0.15) is 5.84 Å². The molecule has 4 fully saturated rings. The van der Waals surface area contributed by atoms with Gasteiger partial charge in [-0.05, 0) is 55.8 Å². The van der Waals surface area contributed by atoms with Gasteiger partial charge >= 0.3 is 0 Å². The summed E-state index contributed by atoms with van der Waals surface area (Å²) in [5, 5.41) is 0. The Bertz CT molecular complexity index is 449. The highest BCUT2D eigenvalue weighted by atomic mass is 32.2. The van der Waals surface area contributed by atoms with E-state index < -0.39 is 0 Å². The molecule has 0 saturated heterocycles. The van der Waals surface area contributed by atoms with Crippen LogP contribution in [0.25, 0.3) is 0 Å². The van der Waals surface area contributed by atoms with E-state index in [4.69, 9.17) is 5.73 Å². The molecule has 4 bridgehead atoms. The molecule has 5 rings (SSSR count). The molecule has 0 spiro atoms. The van der Waals surface area contributed by atoms with Crippen LogP contribution in [0.4, 0.5) is 0 Å². The number of rotatable bonds is 1. The van der Waals surface area contributed by atoms with E-state index >= 15 is 0 Å². The lowest BCUT2D eigenvalue weighted by Gasteiger charge is -2.54. The number of guanidine groups is 1. The molecule has 5 heteroatoms. The number of aliphatic imine (C=N–C) groups is 1. The van der Waals surface area contributed by atoms with Crippen molar-refractivity contribution in [3.63, 3.8) is 0 Å². The van der Waals surface area contributed by atoms with Crippen molar-refractivity contribution >= 4 is 22.7 Å². The first-order chi connectivity index (χ1) is 8.69. The average molecular weight is 264 g/mol. The summed E-state index contributed by atoms with van der Waals surface area (Å²) in [4.78, 5) is 4.46. The predicted molar refractivity (Wildman–Crippen MR) is 75.3 cm³/mol. The number of hydrogen-bond donors (Lipinski definition) is 1. The lowest BCUT2D eigenvalue weighted by Crippen LogP contribution is -2.48. The lowest BCUT2D eigenvalue weighted by molar-refractivity contribution is -0.00851. The van der Waals surface area contributed by atoms with Crippen molar-refractivity contribution in [2.75, 3.05) is 6.26 Å². The molecule has 4 nitrogen and oxygen atoms in total. The van der Waals surface area contributed by atoms with E-state index in [0.29, 0.717) is 11.9 Å². The van der Waals surface area contributed by atoms with Crippen LogP contribution in [0.15, 0.2) is 13.8 Å². The minimum absolute atomic E-state index is 0.300. The Morgan fingerprint density at radius 3 is 2.22 bits per heavy atom. The molecule has 98 valence electrons. The second-order valence-electron chi connectivity index (χ2n) is 6.41. The number of amidine groups is 1. The number of hydrogen-bond acceptors (Lipinski definition) is 4. The summed E-state index contributed by atoms with van der Waals surface area (Å²) < 4.78 is 8.90. The topological polar surface area (TPSA) is 63.1 Å². The monoisotopic (exact) mass is 264 g/mol. The average Bonchev–Trinajstić information content (AvgIpc) is 2.25. The molecule has 1 aliphatic heterocycles. The van der Waals surface area contributed by atoms with Crippen molar-refractivity contribution in [1.29, 1.82) is 0 Å². The van der Waals surface area contributed by atoms with Crippen LogP contribution in [0.5, 0.6) is 0 Å². The van der Waals surface area contributed by atoms with Gasteiger partial charge in [-0.15, -0.1) is 0 Å². The van der Waals surface area contributed by atoms with E-state index in [0.717, 1.165) is 29.5 Å². The summed E-state index contributed by atoms with van der Waals surface area (Å²) in [6.07, 6.45) is 9.13. The second kappa shape index (κ2) is 3.89. The molecule has 4 aliphatic carbocycles. The molecule has 0 aromatic carbocycles. The Morgan fingerprint density at radius 1 is 1.06 bits per heavy atom. The first kappa shape index (κ1) is 11.1. The van der Waals surface area contributed by atoms with Crippen LogP contribution in [0, 0.1) is 29.6 Å². The lowest BCUT2D eigenvalue weighted by atomic mass is 9.51. The molecule has 0 radical (unpaired) electrons. The molecule has 1 unspecified atom stereocenters. The summed E-state index contributed by atoms with van der Waals surface area (Å²) in [5.41, 5.74) is 5.82. The smallest absolute Gasteiger partial charge is 0.229 e. The summed E-state index contributed by atoms with van der Waals surface area (Å²) in [5.74, 6) is 5.71. The molecule has 4 saturated carbocycles. The van der Waals surface area contributed by atoms with E-state index in [9.17, 15) is 0 Å². The van der Waals surface area contributed by atoms with Gasteiger partial charge in [-0.25, -0.2) is 0 Å². The minimum atomic E-state index is -0.300. The summed E-state index contributed by atoms with van der Waals surface area (Å²) in [6, 6.07) is 0. The highest BCUT2D eigenvalue weighted by molar-refractivity contribution is 7.85. The zero-order valence-corrected chi connectivity index (χ0v) is 11.6. The maximum Gasteiger partial charge on any atom is 0.229 e. The Hall–Kier alpha value is -0.710. The maximum atomic E-state index is 5.82. The van der Waals surface area contributed by atoms with E-state index in [-0.39, 0.29) is 10.9 Å². The van der Waals surface area contributed by atoms with Gasteiger partial charge in [0.25, 0.3) is 0 Å². The fourth-order valence-corrected chi connectivity index (χ4v) is 5.72. The molecule has 0 amide bonds. The first-order valence-electron chi connectivity index (χ1n) is 6.99. The summed E-state index contributed by atoms with van der Waals surface area (Å²) in [7, 11) is -0.300. The SMILES string of the molecule is CS1=NC(C2C3CC4CC(C3)CC2C4)=NC(N)=N1. The van der Waals surface area contributed by atoms with Crippen molar-refractivity contribution in [3.05, 3.63) is 0 Å². The number of nitrogens with zero attached hydrogens (tertiary/aromatic N) is 3. The van der Waals surface area contributed by atoms with Crippen molar-refractivity contribution in [2.45, 2.75) is 32.1 Å². The molecular weight excluding hydrogens is 244 g/mol. The van der Waals surface area contributed by atoms with Gasteiger partial charge in [-0.3, -0.25) is 0 Å². The molecule has 0 aromatic heterocycles. The molecule has 1 heterocycles. The van der Waals surface area contributed by atoms with Crippen molar-refractivity contribution in [2.24, 2.45) is 49.1 Å². The van der Waals surface area contributed by atoms with Gasteiger partial charge in [0.15, 0.2) is 0 Å². The van der Waals surface area contributed by atoms with E-state index in [2.05, 4.69) is 13.8 Å². The fourth-order valence-electron chi connectivity index (χ4n) is 4.93. The zero-order chi connectivity index (χ0) is 12.3. The Labute approximate surface area is 110 Å². The zero-order valence-electron chi connectivity index (χ0n) is 10.7. The second-order valence-corrected chi connectivity index (χ2v) is 7.67. The fraction of sp³-hybridized carbons (Fsp3) is 0.846. The van der Waals surface area contributed by atoms with Gasteiger partial charge in [-0.2, -0.15) is 13.8 Å². The van der Waals surface area contributed by atoms with Gasteiger partial charge in [0.2, 0.25) is 5.96 Å². The Morgan fingerprint density at radius 2 is 1.67 bits per heavy atom. The van der Waals surface area contributed by atoms with Crippen LogP contribution in [-0.2, 0) is 10.9 Å². The molecule has 5 aliphatic rings. The van der Waals surface area contributed by atoms with Crippen molar-refractivity contribution in [3.8, 4) is 0 Å². The highest BCUT2D eigenvalue weighted by Crippen LogP contribution is 2.57. The van der Waals surface area contributed by atoms with Gasteiger partial charge in [0.05, 0.1) is 0 Å². The van der Waals surface area contributed by atoms with E-state index in [1.165, 1.54) is 32.1 Å². The van der Waals surface area contributed by atoms with Crippen molar-refractivity contribution < 1.29 is 0 Å². The first-order valence-corrected chi connectivity index (χ1v) is 8.54. The molecule has 0 aromatic rings. The van der Waals surface area contributed by atoms with Gasteiger partial charge in [-0.1, -0.05) is 0 Å². The van der Waals surface area contributed by atoms with Crippen LogP contribution < -0.4 is 5.73 Å². The van der Waals surface area contributed by atoms with Gasteiger partial charge in [0, 0.05) is 23.1 Å². The summed E-state index contributed by atoms with van der Waals surface area (Å²) >= 11 is 0. The third kappa shape index (κ3) is 1.67. The minimum Gasteiger partial charge on any atom is -0.367 e. The quantitative estimate of drug-likeness (QED) is 0.775. The van der Waals surface area contributed by atoms with E-state index in [1.54, 1.807) is 0 Å². The van der Waals surface area contributed by atoms with Crippen molar-refractivity contribution in [1.82, 2.24) is 0 Å². The van der Waals surface area contributed by atoms with Crippen LogP contribution in [0.1, 0.15) is 32.1 Å².